The van der Waals surface area contributed by atoms with Crippen LogP contribution in [0.3, 0.4) is 0 Å². The number of nitrogens with zero attached hydrogens (tertiary/aromatic N) is 1. The van der Waals surface area contributed by atoms with E-state index in [0.717, 1.165) is 4.76 Å². The predicted molar refractivity (Wildman–Crippen MR) is 51.9 cm³/mol. The number of hydrogen-bond acceptors (Lipinski definition) is 3. The van der Waals surface area contributed by atoms with E-state index in [1.165, 1.54) is 7.11 Å². The number of carbonyl (C=O) groups is 1. The Kier molecular flexibility index (Phi) is 2.26. The monoisotopic (exact) mass is 198 g/mol. The first-order chi connectivity index (χ1) is 6.23. The smallest absolute Gasteiger partial charge is 0.340 e. The molecule has 1 aliphatic heterocycles. The van der Waals surface area contributed by atoms with Gasteiger partial charge in [-0.05, 0) is 0 Å². The second-order valence-electron chi connectivity index (χ2n) is 4.56. The van der Waals surface area contributed by atoms with E-state index in [2.05, 4.69) is 4.74 Å². The molecule has 0 aliphatic carbocycles. The Balaban J connectivity index is 3.20. The van der Waals surface area contributed by atoms with Crippen LogP contribution in [0.1, 0.15) is 27.7 Å². The summed E-state index contributed by atoms with van der Waals surface area (Å²) in [5.41, 5.74) is -1.02. The highest BCUT2D eigenvalue weighted by Gasteiger charge is 2.57. The zero-order chi connectivity index (χ0) is 11.1. The van der Waals surface area contributed by atoms with Crippen molar-refractivity contribution < 1.29 is 14.3 Å². The van der Waals surface area contributed by atoms with Gasteiger partial charge in [0.15, 0.2) is 0 Å². The van der Waals surface area contributed by atoms with Gasteiger partial charge in [0.1, 0.15) is 5.57 Å². The molecule has 0 fully saturated rings. The molecule has 4 nitrogen and oxygen atoms in total. The molecule has 4 heteroatoms. The van der Waals surface area contributed by atoms with E-state index >= 15 is 0 Å². The molecule has 0 unspecified atom stereocenters. The van der Waals surface area contributed by atoms with E-state index in [9.17, 15) is 9.70 Å². The quantitative estimate of drug-likeness (QED) is 0.473. The Morgan fingerprint density at radius 3 is 2.14 bits per heavy atom. The summed E-state index contributed by atoms with van der Waals surface area (Å²) < 4.78 is 5.56. The van der Waals surface area contributed by atoms with Crippen LogP contribution in [-0.2, 0) is 9.53 Å². The summed E-state index contributed by atoms with van der Waals surface area (Å²) in [4.78, 5) is 23.2. The molecule has 1 aliphatic rings. The van der Waals surface area contributed by atoms with Gasteiger partial charge in [-0.1, -0.05) is 0 Å². The standard InChI is InChI=1S/C10H16NO3/c1-9(2)6-7(8(12)14-5)10(3,4)11(9)13/h6H,1-5H3/q+1. The highest BCUT2D eigenvalue weighted by Crippen LogP contribution is 2.36. The fourth-order valence-corrected chi connectivity index (χ4v) is 1.84. The summed E-state index contributed by atoms with van der Waals surface area (Å²) in [5, 5.41) is 0. The molecule has 0 aromatic rings. The second kappa shape index (κ2) is 2.90. The van der Waals surface area contributed by atoms with Gasteiger partial charge in [-0.15, -0.1) is 0 Å². The van der Waals surface area contributed by atoms with Crippen LogP contribution >= 0.6 is 0 Å². The number of esters is 1. The van der Waals surface area contributed by atoms with Crippen LogP contribution in [0, 0.1) is 4.91 Å². The fraction of sp³-hybridized carbons (Fsp3) is 0.700. The Morgan fingerprint density at radius 2 is 1.86 bits per heavy atom. The minimum atomic E-state index is -0.809. The fourth-order valence-electron chi connectivity index (χ4n) is 1.84. The average molecular weight is 198 g/mol. The van der Waals surface area contributed by atoms with Crippen LogP contribution in [0.25, 0.3) is 0 Å². The van der Waals surface area contributed by atoms with Crippen LogP contribution in [0.2, 0.25) is 0 Å². The van der Waals surface area contributed by atoms with Crippen LogP contribution < -0.4 is 0 Å². The van der Waals surface area contributed by atoms with Gasteiger partial charge in [-0.25, -0.2) is 4.79 Å². The molecule has 0 spiro atoms. The van der Waals surface area contributed by atoms with Gasteiger partial charge in [0, 0.05) is 43.4 Å². The largest absolute Gasteiger partial charge is 0.465 e. The summed E-state index contributed by atoms with van der Waals surface area (Å²) in [6, 6.07) is 0. The van der Waals surface area contributed by atoms with E-state index in [0.29, 0.717) is 5.57 Å². The Morgan fingerprint density at radius 1 is 1.36 bits per heavy atom. The molecular weight excluding hydrogens is 182 g/mol. The molecule has 1 rings (SSSR count). The lowest BCUT2D eigenvalue weighted by molar-refractivity contribution is -0.651. The van der Waals surface area contributed by atoms with Crippen molar-refractivity contribution in [1.29, 1.82) is 0 Å². The summed E-state index contributed by atoms with van der Waals surface area (Å²) in [5.74, 6) is -0.429. The third-order valence-electron chi connectivity index (χ3n) is 2.59. The number of carbonyl (C=O) groups excluding carboxylic acids is 1. The van der Waals surface area contributed by atoms with E-state index in [4.69, 9.17) is 0 Å². The number of methoxy groups -OCH3 is 1. The Labute approximate surface area is 83.5 Å². The minimum Gasteiger partial charge on any atom is -0.465 e. The van der Waals surface area contributed by atoms with Crippen LogP contribution in [-0.4, -0.2) is 28.9 Å². The zero-order valence-corrected chi connectivity index (χ0v) is 9.25. The van der Waals surface area contributed by atoms with Gasteiger partial charge in [-0.2, -0.15) is 0 Å². The van der Waals surface area contributed by atoms with Crippen LogP contribution in [0.4, 0.5) is 0 Å². The molecule has 0 aromatic heterocycles. The topological polar surface area (TPSA) is 46.4 Å². The maximum atomic E-state index is 11.8. The first-order valence-electron chi connectivity index (χ1n) is 4.52. The molecule has 0 atom stereocenters. The minimum absolute atomic E-state index is 0.429. The highest BCUT2D eigenvalue weighted by atomic mass is 16.5. The van der Waals surface area contributed by atoms with E-state index < -0.39 is 17.0 Å². The molecule has 0 saturated carbocycles. The Bertz CT molecular complexity index is 326. The van der Waals surface area contributed by atoms with Crippen LogP contribution in [0.15, 0.2) is 11.6 Å². The number of hydrogen-bond donors (Lipinski definition) is 0. The van der Waals surface area contributed by atoms with Gasteiger partial charge < -0.3 is 4.74 Å². The molecule has 0 saturated heterocycles. The van der Waals surface area contributed by atoms with Crippen molar-refractivity contribution in [2.45, 2.75) is 38.8 Å². The molecule has 1 heterocycles. The van der Waals surface area contributed by atoms with Crippen molar-refractivity contribution >= 4 is 5.97 Å². The molecule has 0 bridgehead atoms. The maximum absolute atomic E-state index is 11.8. The van der Waals surface area contributed by atoms with Gasteiger partial charge in [0.25, 0.3) is 0 Å². The SMILES string of the molecule is COC(=O)C1=CC(C)(C)[N+](=O)C1(C)C. The summed E-state index contributed by atoms with van der Waals surface area (Å²) >= 11 is 0. The lowest BCUT2D eigenvalue weighted by atomic mass is 9.97. The van der Waals surface area contributed by atoms with Crippen LogP contribution in [0.5, 0.6) is 0 Å². The first-order valence-corrected chi connectivity index (χ1v) is 4.52. The van der Waals surface area contributed by atoms with Crippen molar-refractivity contribution in [3.63, 3.8) is 0 Å². The van der Waals surface area contributed by atoms with Crippen molar-refractivity contribution in [3.05, 3.63) is 16.6 Å². The second-order valence-corrected chi connectivity index (χ2v) is 4.56. The van der Waals surface area contributed by atoms with Crippen molar-refractivity contribution in [2.24, 2.45) is 0 Å². The summed E-state index contributed by atoms with van der Waals surface area (Å²) in [6.45, 7) is 6.99. The van der Waals surface area contributed by atoms with Gasteiger partial charge >= 0.3 is 5.97 Å². The Hall–Kier alpha value is -1.19. The van der Waals surface area contributed by atoms with E-state index in [1.54, 1.807) is 33.8 Å². The van der Waals surface area contributed by atoms with Gasteiger partial charge in [0.2, 0.25) is 11.1 Å². The molecule has 14 heavy (non-hydrogen) atoms. The lowest BCUT2D eigenvalue weighted by Gasteiger charge is -2.15. The van der Waals surface area contributed by atoms with Crippen molar-refractivity contribution in [1.82, 2.24) is 0 Å². The molecule has 0 radical (unpaired) electrons. The van der Waals surface area contributed by atoms with Crippen molar-refractivity contribution in [2.75, 3.05) is 7.11 Å². The van der Waals surface area contributed by atoms with Gasteiger partial charge in [0.05, 0.1) is 7.11 Å². The molecule has 78 valence electrons. The van der Waals surface area contributed by atoms with E-state index in [-0.39, 0.29) is 0 Å². The normalized spacial score (nSPS) is 23.2. The highest BCUT2D eigenvalue weighted by molar-refractivity contribution is 5.91. The summed E-state index contributed by atoms with van der Waals surface area (Å²) in [6.07, 6.45) is 1.67. The van der Waals surface area contributed by atoms with E-state index in [1.807, 2.05) is 0 Å². The molecular formula is C10H16NO3+. The zero-order valence-electron chi connectivity index (χ0n) is 9.25. The number of ether oxygens (including phenoxy) is 1. The lowest BCUT2D eigenvalue weighted by Crippen LogP contribution is -2.42. The molecule has 0 N–H and O–H groups in total. The maximum Gasteiger partial charge on any atom is 0.340 e. The summed E-state index contributed by atoms with van der Waals surface area (Å²) in [7, 11) is 1.32. The number of nitroso groups, excluding NO2 is 1. The van der Waals surface area contributed by atoms with Crippen molar-refractivity contribution in [3.8, 4) is 0 Å². The third-order valence-corrected chi connectivity index (χ3v) is 2.59. The van der Waals surface area contributed by atoms with Gasteiger partial charge in [-0.3, -0.25) is 0 Å². The average Bonchev–Trinajstić information content (AvgIpc) is 2.25. The molecule has 0 amide bonds. The molecule has 0 aromatic carbocycles. The predicted octanol–water partition coefficient (Wildman–Crippen LogP) is 1.44. The first kappa shape index (κ1) is 10.9. The number of rotatable bonds is 1. The third kappa shape index (κ3) is 1.35.